The molecule has 1 aliphatic rings. The maximum Gasteiger partial charge on any atom is 0.305 e. The number of ether oxygens (including phenoxy) is 1. The van der Waals surface area contributed by atoms with Crippen LogP contribution in [-0.2, 0) is 25.5 Å². The second kappa shape index (κ2) is 7.87. The first kappa shape index (κ1) is 17.9. The van der Waals surface area contributed by atoms with Gasteiger partial charge in [-0.3, -0.25) is 14.4 Å². The first-order valence-electron chi connectivity index (χ1n) is 7.50. The summed E-state index contributed by atoms with van der Waals surface area (Å²) in [5, 5.41) is 14.0. The summed E-state index contributed by atoms with van der Waals surface area (Å²) in [6.07, 6.45) is 0.118. The van der Waals surface area contributed by atoms with Gasteiger partial charge < -0.3 is 20.5 Å². The Morgan fingerprint density at radius 2 is 2.08 bits per heavy atom. The summed E-state index contributed by atoms with van der Waals surface area (Å²) in [5.41, 5.74) is -0.435. The maximum absolute atomic E-state index is 13.0. The smallest absolute Gasteiger partial charge is 0.305 e. The molecule has 0 spiro atoms. The Labute approximate surface area is 138 Å². The highest BCUT2D eigenvalue weighted by atomic mass is 19.1. The van der Waals surface area contributed by atoms with Crippen LogP contribution in [0.15, 0.2) is 24.3 Å². The molecule has 0 aliphatic carbocycles. The fourth-order valence-electron chi connectivity index (χ4n) is 2.59. The SMILES string of the molecule is O=C(O)CC1(NC(=O)CNC(=O)Cc2cccc(F)c2)CCOC1. The van der Waals surface area contributed by atoms with Gasteiger partial charge in [0.15, 0.2) is 0 Å². The van der Waals surface area contributed by atoms with Crippen LogP contribution < -0.4 is 10.6 Å². The Balaban J connectivity index is 1.81. The molecule has 1 unspecified atom stereocenters. The minimum atomic E-state index is -1.03. The van der Waals surface area contributed by atoms with Gasteiger partial charge >= 0.3 is 5.97 Å². The lowest BCUT2D eigenvalue weighted by atomic mass is 9.94. The van der Waals surface area contributed by atoms with Crippen LogP contribution in [0.1, 0.15) is 18.4 Å². The van der Waals surface area contributed by atoms with E-state index in [1.54, 1.807) is 6.07 Å². The van der Waals surface area contributed by atoms with Gasteiger partial charge in [-0.15, -0.1) is 0 Å². The largest absolute Gasteiger partial charge is 0.481 e. The van der Waals surface area contributed by atoms with E-state index >= 15 is 0 Å². The van der Waals surface area contributed by atoms with Crippen molar-refractivity contribution in [2.45, 2.75) is 24.8 Å². The summed E-state index contributed by atoms with van der Waals surface area (Å²) in [6, 6.07) is 5.64. The third kappa shape index (κ3) is 5.31. The molecule has 2 rings (SSSR count). The minimum Gasteiger partial charge on any atom is -0.481 e. The summed E-state index contributed by atoms with van der Waals surface area (Å²) >= 11 is 0. The quantitative estimate of drug-likeness (QED) is 0.660. The van der Waals surface area contributed by atoms with Gasteiger partial charge in [-0.1, -0.05) is 12.1 Å². The molecule has 1 aromatic rings. The van der Waals surface area contributed by atoms with Crippen molar-refractivity contribution in [3.8, 4) is 0 Å². The highest BCUT2D eigenvalue weighted by Crippen LogP contribution is 2.22. The van der Waals surface area contributed by atoms with Crippen molar-refractivity contribution >= 4 is 17.8 Å². The number of carboxylic acid groups (broad SMARTS) is 1. The zero-order valence-electron chi connectivity index (χ0n) is 13.0. The summed E-state index contributed by atoms with van der Waals surface area (Å²) in [6.45, 7) is 0.220. The summed E-state index contributed by atoms with van der Waals surface area (Å²) in [5.74, 6) is -2.38. The van der Waals surface area contributed by atoms with Gasteiger partial charge in [-0.05, 0) is 24.1 Å². The number of nitrogens with one attached hydrogen (secondary N) is 2. The van der Waals surface area contributed by atoms with E-state index in [9.17, 15) is 18.8 Å². The van der Waals surface area contributed by atoms with Crippen LogP contribution in [0.2, 0.25) is 0 Å². The standard InChI is InChI=1S/C16H19FN2O5/c17-12-3-1-2-11(6-12)7-13(20)18-9-14(21)19-16(8-15(22)23)4-5-24-10-16/h1-3,6H,4-5,7-10H2,(H,18,20)(H,19,21)(H,22,23). The second-order valence-electron chi connectivity index (χ2n) is 5.79. The number of amides is 2. The molecule has 0 bridgehead atoms. The third-order valence-corrected chi connectivity index (χ3v) is 3.70. The van der Waals surface area contributed by atoms with Crippen LogP contribution in [0.5, 0.6) is 0 Å². The van der Waals surface area contributed by atoms with Crippen LogP contribution >= 0.6 is 0 Å². The average molecular weight is 338 g/mol. The van der Waals surface area contributed by atoms with E-state index < -0.39 is 29.1 Å². The number of hydrogen-bond donors (Lipinski definition) is 3. The van der Waals surface area contributed by atoms with E-state index in [0.29, 0.717) is 18.6 Å². The molecule has 24 heavy (non-hydrogen) atoms. The Morgan fingerprint density at radius 1 is 1.29 bits per heavy atom. The highest BCUT2D eigenvalue weighted by Gasteiger charge is 2.38. The maximum atomic E-state index is 13.0. The number of rotatable bonds is 7. The monoisotopic (exact) mass is 338 g/mol. The number of halogens is 1. The van der Waals surface area contributed by atoms with Crippen LogP contribution in [0.3, 0.4) is 0 Å². The Morgan fingerprint density at radius 3 is 2.71 bits per heavy atom. The molecule has 7 nitrogen and oxygen atoms in total. The second-order valence-corrected chi connectivity index (χ2v) is 5.79. The van der Waals surface area contributed by atoms with E-state index in [-0.39, 0.29) is 26.0 Å². The predicted molar refractivity (Wildman–Crippen MR) is 81.7 cm³/mol. The number of benzene rings is 1. The van der Waals surface area contributed by atoms with Gasteiger partial charge in [0, 0.05) is 6.61 Å². The number of aliphatic carboxylic acids is 1. The zero-order chi connectivity index (χ0) is 17.6. The Bertz CT molecular complexity index is 629. The first-order valence-corrected chi connectivity index (χ1v) is 7.50. The zero-order valence-corrected chi connectivity index (χ0v) is 13.0. The number of carboxylic acids is 1. The molecule has 8 heteroatoms. The van der Waals surface area contributed by atoms with Crippen molar-refractivity contribution < 1.29 is 28.6 Å². The Hall–Kier alpha value is -2.48. The minimum absolute atomic E-state index is 0.0472. The van der Waals surface area contributed by atoms with Crippen molar-refractivity contribution in [1.29, 1.82) is 0 Å². The molecule has 1 saturated heterocycles. The molecule has 3 N–H and O–H groups in total. The van der Waals surface area contributed by atoms with Gasteiger partial charge in [0.05, 0.1) is 31.5 Å². The third-order valence-electron chi connectivity index (χ3n) is 3.70. The van der Waals surface area contributed by atoms with E-state index in [1.165, 1.54) is 18.2 Å². The predicted octanol–water partition coefficient (Wildman–Crippen LogP) is 0.234. The molecule has 0 saturated carbocycles. The normalized spacial score (nSPS) is 19.7. The molecule has 1 heterocycles. The molecule has 1 atom stereocenters. The van der Waals surface area contributed by atoms with Gasteiger partial charge in [-0.25, -0.2) is 4.39 Å². The highest BCUT2D eigenvalue weighted by molar-refractivity contribution is 5.86. The van der Waals surface area contributed by atoms with E-state index in [4.69, 9.17) is 9.84 Å². The molecule has 0 aromatic heterocycles. The van der Waals surface area contributed by atoms with Crippen LogP contribution in [0.4, 0.5) is 4.39 Å². The van der Waals surface area contributed by atoms with E-state index in [0.717, 1.165) is 0 Å². The summed E-state index contributed by atoms with van der Waals surface area (Å²) in [7, 11) is 0. The number of carbonyl (C=O) groups is 3. The van der Waals surface area contributed by atoms with Crippen molar-refractivity contribution in [2.24, 2.45) is 0 Å². The van der Waals surface area contributed by atoms with E-state index in [2.05, 4.69) is 10.6 Å². The Kier molecular flexibility index (Phi) is 5.86. The molecular weight excluding hydrogens is 319 g/mol. The average Bonchev–Trinajstić information content (AvgIpc) is 2.92. The van der Waals surface area contributed by atoms with Crippen molar-refractivity contribution in [1.82, 2.24) is 10.6 Å². The van der Waals surface area contributed by atoms with Crippen LogP contribution in [-0.4, -0.2) is 48.2 Å². The van der Waals surface area contributed by atoms with Gasteiger partial charge in [0.25, 0.3) is 0 Å². The van der Waals surface area contributed by atoms with Gasteiger partial charge in [0.1, 0.15) is 5.82 Å². The van der Waals surface area contributed by atoms with Crippen molar-refractivity contribution in [3.05, 3.63) is 35.6 Å². The number of hydrogen-bond acceptors (Lipinski definition) is 4. The summed E-state index contributed by atoms with van der Waals surface area (Å²) < 4.78 is 18.2. The number of carbonyl (C=O) groups excluding carboxylic acids is 2. The molecule has 1 fully saturated rings. The lowest BCUT2D eigenvalue weighted by molar-refractivity contribution is -0.139. The molecular formula is C16H19FN2O5. The van der Waals surface area contributed by atoms with Crippen molar-refractivity contribution in [3.63, 3.8) is 0 Å². The fourth-order valence-corrected chi connectivity index (χ4v) is 2.59. The molecule has 130 valence electrons. The summed E-state index contributed by atoms with van der Waals surface area (Å²) in [4.78, 5) is 34.7. The van der Waals surface area contributed by atoms with Crippen LogP contribution in [0, 0.1) is 5.82 Å². The van der Waals surface area contributed by atoms with E-state index in [1.807, 2.05) is 0 Å². The lowest BCUT2D eigenvalue weighted by Gasteiger charge is -2.27. The molecule has 0 radical (unpaired) electrons. The molecule has 1 aliphatic heterocycles. The molecule has 2 amide bonds. The fraction of sp³-hybridized carbons (Fsp3) is 0.438. The topological polar surface area (TPSA) is 105 Å². The van der Waals surface area contributed by atoms with Gasteiger partial charge in [0.2, 0.25) is 11.8 Å². The van der Waals surface area contributed by atoms with Gasteiger partial charge in [-0.2, -0.15) is 0 Å². The van der Waals surface area contributed by atoms with Crippen molar-refractivity contribution in [2.75, 3.05) is 19.8 Å². The first-order chi connectivity index (χ1) is 11.4. The molecule has 1 aromatic carbocycles. The lowest BCUT2D eigenvalue weighted by Crippen LogP contribution is -2.53. The van der Waals surface area contributed by atoms with Crippen LogP contribution in [0.25, 0.3) is 0 Å².